The Kier molecular flexibility index (Phi) is 3.28. The molecule has 3 heteroatoms. The highest BCUT2D eigenvalue weighted by atomic mass is 16.3. The van der Waals surface area contributed by atoms with Gasteiger partial charge in [0.15, 0.2) is 0 Å². The van der Waals surface area contributed by atoms with Crippen molar-refractivity contribution < 1.29 is 9.90 Å². The van der Waals surface area contributed by atoms with E-state index < -0.39 is 0 Å². The van der Waals surface area contributed by atoms with Crippen molar-refractivity contribution in [3.63, 3.8) is 0 Å². The van der Waals surface area contributed by atoms with Crippen LogP contribution < -0.4 is 5.32 Å². The highest BCUT2D eigenvalue weighted by molar-refractivity contribution is 6.06. The fourth-order valence-electron chi connectivity index (χ4n) is 1.67. The highest BCUT2D eigenvalue weighted by Gasteiger charge is 2.12. The minimum absolute atomic E-state index is 0.125. The van der Waals surface area contributed by atoms with Crippen LogP contribution in [0.5, 0.6) is 5.75 Å². The first-order valence-electron chi connectivity index (χ1n) is 5.48. The van der Waals surface area contributed by atoms with Crippen LogP contribution in [0.25, 0.3) is 0 Å². The third-order valence-electron chi connectivity index (χ3n) is 2.64. The minimum atomic E-state index is -0.125. The third-order valence-corrected chi connectivity index (χ3v) is 2.64. The average Bonchev–Trinajstić information content (AvgIpc) is 2.32. The van der Waals surface area contributed by atoms with Gasteiger partial charge >= 0.3 is 0 Å². The number of amides is 1. The average molecular weight is 228 g/mol. The summed E-state index contributed by atoms with van der Waals surface area (Å²) in [6.45, 7) is 1.93. The van der Waals surface area contributed by atoms with Gasteiger partial charge in [-0.15, -0.1) is 0 Å². The van der Waals surface area contributed by atoms with Gasteiger partial charge in [-0.2, -0.15) is 0 Å². The Balaban J connectivity index is 2.12. The summed E-state index contributed by atoms with van der Waals surface area (Å²) in [5.41, 5.74) is 2.35. The molecule has 0 fully saturated rings. The third kappa shape index (κ3) is 2.75. The maximum absolute atomic E-state index is 12.0. The van der Waals surface area contributed by atoms with Gasteiger partial charge in [0.05, 0.1) is 0 Å². The van der Waals surface area contributed by atoms with E-state index in [4.69, 9.17) is 5.11 Å². The van der Waals surface area contributed by atoms with Crippen LogP contribution in [0.3, 0.4) is 0 Å². The van der Waals surface area contributed by atoms with Crippen LogP contribution in [0, 0.1) is 6.42 Å². The molecule has 3 nitrogen and oxygen atoms in total. The molecule has 2 N–H and O–H groups in total. The topological polar surface area (TPSA) is 49.3 Å². The molecule has 0 heterocycles. The molecule has 0 unspecified atom stereocenters. The van der Waals surface area contributed by atoms with Gasteiger partial charge in [0.1, 0.15) is 5.75 Å². The van der Waals surface area contributed by atoms with Crippen molar-refractivity contribution in [2.24, 2.45) is 0 Å². The molecule has 17 heavy (non-hydrogen) atoms. The summed E-state index contributed by atoms with van der Waals surface area (Å²) in [6, 6.07) is 6.41. The van der Waals surface area contributed by atoms with Crippen LogP contribution in [0.15, 0.2) is 47.6 Å². The lowest BCUT2D eigenvalue weighted by atomic mass is 9.98. The Labute approximate surface area is 100 Å². The van der Waals surface area contributed by atoms with Gasteiger partial charge in [-0.05, 0) is 44.0 Å². The summed E-state index contributed by atoms with van der Waals surface area (Å²) in [6.07, 6.45) is 6.69. The smallest absolute Gasteiger partial charge is 0.255 e. The van der Waals surface area contributed by atoms with Crippen molar-refractivity contribution in [1.82, 2.24) is 0 Å². The zero-order valence-electron chi connectivity index (χ0n) is 9.60. The summed E-state index contributed by atoms with van der Waals surface area (Å²) in [5, 5.41) is 11.9. The second-order valence-electron chi connectivity index (χ2n) is 3.94. The van der Waals surface area contributed by atoms with Gasteiger partial charge in [-0.3, -0.25) is 4.79 Å². The Morgan fingerprint density at radius 2 is 2.00 bits per heavy atom. The van der Waals surface area contributed by atoms with E-state index in [0.29, 0.717) is 11.3 Å². The first-order chi connectivity index (χ1) is 8.16. The lowest BCUT2D eigenvalue weighted by Gasteiger charge is -2.12. The zero-order valence-corrected chi connectivity index (χ0v) is 9.60. The molecule has 1 aliphatic carbocycles. The van der Waals surface area contributed by atoms with Crippen molar-refractivity contribution in [1.29, 1.82) is 0 Å². The van der Waals surface area contributed by atoms with E-state index in [1.165, 1.54) is 0 Å². The number of nitrogens with one attached hydrogen (secondary N) is 1. The van der Waals surface area contributed by atoms with E-state index in [1.54, 1.807) is 24.3 Å². The first-order valence-corrected chi connectivity index (χ1v) is 5.48. The Morgan fingerprint density at radius 3 is 2.65 bits per heavy atom. The van der Waals surface area contributed by atoms with Crippen molar-refractivity contribution in [3.05, 3.63) is 54.0 Å². The molecule has 0 bridgehead atoms. The number of allylic oxidation sites excluding steroid dienone is 2. The number of hydrogen-bond donors (Lipinski definition) is 2. The van der Waals surface area contributed by atoms with E-state index in [1.807, 2.05) is 25.5 Å². The number of benzene rings is 1. The van der Waals surface area contributed by atoms with E-state index in [0.717, 1.165) is 12.0 Å². The number of carbonyl (C=O) groups excluding carboxylic acids is 1. The van der Waals surface area contributed by atoms with Crippen molar-refractivity contribution >= 4 is 11.6 Å². The molecule has 0 atom stereocenters. The zero-order chi connectivity index (χ0) is 12.3. The van der Waals surface area contributed by atoms with Crippen LogP contribution in [0.1, 0.15) is 13.3 Å². The summed E-state index contributed by atoms with van der Waals surface area (Å²) < 4.78 is 0. The largest absolute Gasteiger partial charge is 0.508 e. The summed E-state index contributed by atoms with van der Waals surface area (Å²) in [7, 11) is 0. The molecule has 1 radical (unpaired) electrons. The van der Waals surface area contributed by atoms with Gasteiger partial charge in [0, 0.05) is 11.3 Å². The number of phenolic OH excluding ortho intramolecular Hbond substituents is 1. The number of hydrogen-bond acceptors (Lipinski definition) is 2. The summed E-state index contributed by atoms with van der Waals surface area (Å²) >= 11 is 0. The fourth-order valence-corrected chi connectivity index (χ4v) is 1.67. The number of rotatable bonds is 2. The molecular formula is C14H14NO2. The van der Waals surface area contributed by atoms with Gasteiger partial charge in [-0.25, -0.2) is 0 Å². The van der Waals surface area contributed by atoms with Crippen LogP contribution in [0.2, 0.25) is 0 Å². The molecular weight excluding hydrogens is 214 g/mol. The van der Waals surface area contributed by atoms with E-state index in [-0.39, 0.29) is 11.7 Å². The molecule has 0 spiro atoms. The van der Waals surface area contributed by atoms with E-state index >= 15 is 0 Å². The maximum atomic E-state index is 12.0. The Morgan fingerprint density at radius 1 is 1.29 bits per heavy atom. The van der Waals surface area contributed by atoms with Gasteiger partial charge in [-0.1, -0.05) is 17.7 Å². The molecule has 2 rings (SSSR count). The predicted molar refractivity (Wildman–Crippen MR) is 67.5 cm³/mol. The normalized spacial score (nSPS) is 14.9. The van der Waals surface area contributed by atoms with Gasteiger partial charge in [0.25, 0.3) is 5.91 Å². The van der Waals surface area contributed by atoms with E-state index in [2.05, 4.69) is 5.32 Å². The molecule has 0 aliphatic heterocycles. The fraction of sp³-hybridized carbons (Fsp3) is 0.143. The molecule has 1 aromatic carbocycles. The first kappa shape index (κ1) is 11.5. The van der Waals surface area contributed by atoms with Crippen molar-refractivity contribution in [2.75, 3.05) is 5.32 Å². The highest BCUT2D eigenvalue weighted by Crippen LogP contribution is 2.20. The van der Waals surface area contributed by atoms with E-state index in [9.17, 15) is 4.79 Å². The molecule has 87 valence electrons. The molecule has 0 saturated carbocycles. The number of phenols is 1. The molecule has 1 aliphatic rings. The van der Waals surface area contributed by atoms with Crippen LogP contribution in [0.4, 0.5) is 5.69 Å². The number of aromatic hydroxyl groups is 1. The summed E-state index contributed by atoms with van der Waals surface area (Å²) in [5.74, 6) is 0.0599. The van der Waals surface area contributed by atoms with Crippen molar-refractivity contribution in [3.8, 4) is 5.75 Å². The molecule has 0 saturated heterocycles. The quantitative estimate of drug-likeness (QED) is 0.765. The van der Waals surface area contributed by atoms with Crippen LogP contribution in [-0.2, 0) is 4.79 Å². The lowest BCUT2D eigenvalue weighted by Crippen LogP contribution is -2.15. The predicted octanol–water partition coefficient (Wildman–Crippen LogP) is 2.81. The Bertz CT molecular complexity index is 483. The van der Waals surface area contributed by atoms with Crippen LogP contribution >= 0.6 is 0 Å². The SMILES string of the molecule is CC1=C(C(=O)Nc2ccc(O)cc2)C=CC[CH]1. The number of anilines is 1. The number of carbonyl (C=O) groups is 1. The van der Waals surface area contributed by atoms with Crippen LogP contribution in [-0.4, -0.2) is 11.0 Å². The maximum Gasteiger partial charge on any atom is 0.255 e. The second-order valence-corrected chi connectivity index (χ2v) is 3.94. The van der Waals surface area contributed by atoms with Crippen molar-refractivity contribution in [2.45, 2.75) is 13.3 Å². The standard InChI is InChI=1S/C14H14NO2/c1-10-4-2-3-5-13(10)14(17)15-11-6-8-12(16)9-7-11/h3-9,16H,2H2,1H3,(H,15,17). The van der Waals surface area contributed by atoms with Gasteiger partial charge in [0.2, 0.25) is 0 Å². The molecule has 0 aromatic heterocycles. The minimum Gasteiger partial charge on any atom is -0.508 e. The monoisotopic (exact) mass is 228 g/mol. The second kappa shape index (κ2) is 4.87. The van der Waals surface area contributed by atoms with Gasteiger partial charge < -0.3 is 10.4 Å². The molecule has 1 amide bonds. The lowest BCUT2D eigenvalue weighted by molar-refractivity contribution is -0.112. The summed E-state index contributed by atoms with van der Waals surface area (Å²) in [4.78, 5) is 12.0. The Hall–Kier alpha value is -2.03. The molecule has 1 aromatic rings.